The zero-order chi connectivity index (χ0) is 23.2. The van der Waals surface area contributed by atoms with Crippen LogP contribution in [0, 0.1) is 19.3 Å². The number of aryl methyl sites for hydroxylation is 2. The molecule has 5 rings (SSSR count). The lowest BCUT2D eigenvalue weighted by Crippen LogP contribution is -2.25. The zero-order valence-electron chi connectivity index (χ0n) is 19.5. The van der Waals surface area contributed by atoms with E-state index < -0.39 is 5.97 Å². The summed E-state index contributed by atoms with van der Waals surface area (Å²) in [4.78, 5) is 11.3. The van der Waals surface area contributed by atoms with Crippen LogP contribution in [0.15, 0.2) is 53.2 Å². The van der Waals surface area contributed by atoms with Crippen LogP contribution in [0.25, 0.3) is 33.2 Å². The van der Waals surface area contributed by atoms with Gasteiger partial charge < -0.3 is 14.2 Å². The Morgan fingerprint density at radius 1 is 1.06 bits per heavy atom. The lowest BCUT2D eigenvalue weighted by Gasteiger charge is -2.34. The number of aromatic nitrogens is 2. The highest BCUT2D eigenvalue weighted by molar-refractivity contribution is 5.99. The Hall–Kier alpha value is -3.34. The predicted molar refractivity (Wildman–Crippen MR) is 130 cm³/mol. The van der Waals surface area contributed by atoms with Gasteiger partial charge in [-0.3, -0.25) is 0 Å². The molecule has 1 saturated carbocycles. The van der Waals surface area contributed by atoms with Crippen molar-refractivity contribution in [2.45, 2.75) is 59.4 Å². The first kappa shape index (κ1) is 21.5. The fourth-order valence-electron chi connectivity index (χ4n) is 5.47. The monoisotopic (exact) mass is 442 g/mol. The largest absolute Gasteiger partial charge is 0.478 e. The van der Waals surface area contributed by atoms with Gasteiger partial charge in [0, 0.05) is 34.8 Å². The Morgan fingerprint density at radius 3 is 2.39 bits per heavy atom. The second-order valence-corrected chi connectivity index (χ2v) is 9.86. The Kier molecular flexibility index (Phi) is 5.35. The molecule has 1 aliphatic carbocycles. The number of rotatable bonds is 5. The molecule has 0 radical (unpaired) electrons. The van der Waals surface area contributed by atoms with Gasteiger partial charge in [-0.2, -0.15) is 0 Å². The molecule has 5 heteroatoms. The van der Waals surface area contributed by atoms with Crippen molar-refractivity contribution >= 4 is 16.9 Å². The molecule has 170 valence electrons. The molecule has 0 aliphatic heterocycles. The van der Waals surface area contributed by atoms with Crippen molar-refractivity contribution in [3.63, 3.8) is 0 Å². The third-order valence-corrected chi connectivity index (χ3v) is 7.26. The van der Waals surface area contributed by atoms with Crippen LogP contribution in [0.5, 0.6) is 0 Å². The fourth-order valence-corrected chi connectivity index (χ4v) is 5.47. The summed E-state index contributed by atoms with van der Waals surface area (Å²) in [6.45, 7) is 7.32. The van der Waals surface area contributed by atoms with Crippen molar-refractivity contribution in [2.75, 3.05) is 0 Å². The van der Waals surface area contributed by atoms with Crippen molar-refractivity contribution in [3.05, 3.63) is 65.7 Å². The molecule has 1 aliphatic rings. The van der Waals surface area contributed by atoms with Crippen molar-refractivity contribution in [2.24, 2.45) is 5.41 Å². The molecule has 0 bridgehead atoms. The van der Waals surface area contributed by atoms with E-state index in [1.807, 2.05) is 26.0 Å². The molecule has 1 N–H and O–H groups in total. The number of carboxylic acid groups (broad SMARTS) is 1. The summed E-state index contributed by atoms with van der Waals surface area (Å²) in [6, 6.07) is 13.7. The molecule has 1 fully saturated rings. The molecule has 5 nitrogen and oxygen atoms in total. The molecule has 2 aromatic heterocycles. The van der Waals surface area contributed by atoms with E-state index in [-0.39, 0.29) is 5.41 Å². The molecule has 2 heterocycles. The van der Waals surface area contributed by atoms with Crippen molar-refractivity contribution in [1.82, 2.24) is 9.72 Å². The van der Waals surface area contributed by atoms with Gasteiger partial charge in [0.25, 0.3) is 0 Å². The van der Waals surface area contributed by atoms with E-state index in [0.717, 1.165) is 40.3 Å². The Labute approximate surface area is 194 Å². The molecular formula is C28H30N2O3. The standard InChI is InChI=1S/C28H30N2O3/c1-18-26(19(2)33-29-18)22-11-12-23-24(20-7-9-21(10-8-20)27(31)32)16-30(25(23)15-22)17-28(3)13-5-4-6-14-28/h7-12,15-16H,4-6,13-14,17H2,1-3H3,(H,31,32). The minimum Gasteiger partial charge on any atom is -0.478 e. The van der Waals surface area contributed by atoms with Crippen LogP contribution in [-0.2, 0) is 6.54 Å². The number of benzene rings is 2. The SMILES string of the molecule is Cc1noc(C)c1-c1ccc2c(-c3ccc(C(=O)O)cc3)cn(CC3(C)CCCCC3)c2c1. The summed E-state index contributed by atoms with van der Waals surface area (Å²) in [7, 11) is 0. The predicted octanol–water partition coefficient (Wildman–Crippen LogP) is 7.25. The minimum absolute atomic E-state index is 0.285. The Bertz CT molecular complexity index is 1300. The van der Waals surface area contributed by atoms with E-state index in [2.05, 4.69) is 41.0 Å². The summed E-state index contributed by atoms with van der Waals surface area (Å²) < 4.78 is 7.84. The number of nitrogens with zero attached hydrogens (tertiary/aromatic N) is 2. The second-order valence-electron chi connectivity index (χ2n) is 9.86. The first-order valence-electron chi connectivity index (χ1n) is 11.7. The van der Waals surface area contributed by atoms with Crippen molar-refractivity contribution in [3.8, 4) is 22.3 Å². The maximum absolute atomic E-state index is 11.3. The number of fused-ring (bicyclic) bond motifs is 1. The lowest BCUT2D eigenvalue weighted by atomic mass is 9.75. The fraction of sp³-hybridized carbons (Fsp3) is 0.357. The third kappa shape index (κ3) is 3.97. The van der Waals surface area contributed by atoms with Gasteiger partial charge in [-0.05, 0) is 61.4 Å². The second kappa shape index (κ2) is 8.22. The number of carbonyl (C=O) groups is 1. The van der Waals surface area contributed by atoms with Crippen LogP contribution in [0.1, 0.15) is 60.8 Å². The molecule has 0 atom stereocenters. The normalized spacial score (nSPS) is 15.7. The maximum atomic E-state index is 11.3. The maximum Gasteiger partial charge on any atom is 0.335 e. The molecule has 0 spiro atoms. The van der Waals surface area contributed by atoms with E-state index in [0.29, 0.717) is 5.56 Å². The highest BCUT2D eigenvalue weighted by Crippen LogP contribution is 2.41. The average molecular weight is 443 g/mol. The van der Waals surface area contributed by atoms with Gasteiger partial charge in [0.2, 0.25) is 0 Å². The van der Waals surface area contributed by atoms with E-state index in [1.165, 1.54) is 43.0 Å². The lowest BCUT2D eigenvalue weighted by molar-refractivity contribution is 0.0697. The smallest absolute Gasteiger partial charge is 0.335 e. The van der Waals surface area contributed by atoms with Crippen LogP contribution in [0.3, 0.4) is 0 Å². The molecule has 0 saturated heterocycles. The third-order valence-electron chi connectivity index (χ3n) is 7.26. The van der Waals surface area contributed by atoms with Gasteiger partial charge in [-0.1, -0.05) is 55.6 Å². The number of carboxylic acids is 1. The summed E-state index contributed by atoms with van der Waals surface area (Å²) in [6.07, 6.45) is 8.67. The summed E-state index contributed by atoms with van der Waals surface area (Å²) >= 11 is 0. The zero-order valence-corrected chi connectivity index (χ0v) is 19.5. The van der Waals surface area contributed by atoms with E-state index in [4.69, 9.17) is 4.52 Å². The molecule has 0 unspecified atom stereocenters. The Balaban J connectivity index is 1.65. The molecule has 4 aromatic rings. The van der Waals surface area contributed by atoms with Gasteiger partial charge in [-0.15, -0.1) is 0 Å². The summed E-state index contributed by atoms with van der Waals surface area (Å²) in [5, 5.41) is 14.6. The topological polar surface area (TPSA) is 68.3 Å². The average Bonchev–Trinajstić information content (AvgIpc) is 3.33. The van der Waals surface area contributed by atoms with Crippen LogP contribution >= 0.6 is 0 Å². The number of aromatic carboxylic acids is 1. The van der Waals surface area contributed by atoms with Crippen LogP contribution in [0.2, 0.25) is 0 Å². The van der Waals surface area contributed by atoms with Gasteiger partial charge in [0.1, 0.15) is 5.76 Å². The van der Waals surface area contributed by atoms with Gasteiger partial charge in [0.15, 0.2) is 0 Å². The highest BCUT2D eigenvalue weighted by atomic mass is 16.5. The highest BCUT2D eigenvalue weighted by Gasteiger charge is 2.28. The number of hydrogen-bond acceptors (Lipinski definition) is 3. The van der Waals surface area contributed by atoms with Crippen LogP contribution in [0.4, 0.5) is 0 Å². The van der Waals surface area contributed by atoms with Crippen LogP contribution < -0.4 is 0 Å². The first-order valence-corrected chi connectivity index (χ1v) is 11.7. The minimum atomic E-state index is -0.904. The molecule has 33 heavy (non-hydrogen) atoms. The quantitative estimate of drug-likeness (QED) is 0.353. The van der Waals surface area contributed by atoms with E-state index in [1.54, 1.807) is 12.1 Å². The molecule has 0 amide bonds. The molecular weight excluding hydrogens is 412 g/mol. The van der Waals surface area contributed by atoms with E-state index in [9.17, 15) is 9.90 Å². The van der Waals surface area contributed by atoms with Crippen molar-refractivity contribution in [1.29, 1.82) is 0 Å². The summed E-state index contributed by atoms with van der Waals surface area (Å²) in [5.74, 6) is -0.0769. The van der Waals surface area contributed by atoms with Crippen molar-refractivity contribution < 1.29 is 14.4 Å². The molecule has 2 aromatic carbocycles. The van der Waals surface area contributed by atoms with E-state index >= 15 is 0 Å². The first-order chi connectivity index (χ1) is 15.8. The van der Waals surface area contributed by atoms with Gasteiger partial charge in [-0.25, -0.2) is 4.79 Å². The van der Waals surface area contributed by atoms with Gasteiger partial charge >= 0.3 is 5.97 Å². The van der Waals surface area contributed by atoms with Gasteiger partial charge in [0.05, 0.1) is 11.3 Å². The number of hydrogen-bond donors (Lipinski definition) is 1. The summed E-state index contributed by atoms with van der Waals surface area (Å²) in [5.41, 5.74) is 7.01. The van der Waals surface area contributed by atoms with Crippen LogP contribution in [-0.4, -0.2) is 20.8 Å². The Morgan fingerprint density at radius 2 is 1.76 bits per heavy atom.